The van der Waals surface area contributed by atoms with Crippen LogP contribution in [0.15, 0.2) is 24.5 Å². The average molecular weight is 350 g/mol. The summed E-state index contributed by atoms with van der Waals surface area (Å²) in [7, 11) is 0. The van der Waals surface area contributed by atoms with Crippen LogP contribution in [-0.2, 0) is 0 Å². The van der Waals surface area contributed by atoms with E-state index in [1.807, 2.05) is 12.3 Å². The van der Waals surface area contributed by atoms with E-state index < -0.39 is 0 Å². The highest BCUT2D eigenvalue weighted by atomic mass is 35.5. The van der Waals surface area contributed by atoms with Gasteiger partial charge in [-0.15, -0.1) is 0 Å². The fourth-order valence-electron chi connectivity index (χ4n) is 2.91. The highest BCUT2D eigenvalue weighted by Gasteiger charge is 2.28. The molecule has 23 heavy (non-hydrogen) atoms. The largest absolute Gasteiger partial charge is 0.365 e. The predicted octanol–water partition coefficient (Wildman–Crippen LogP) is 3.75. The fourth-order valence-corrected chi connectivity index (χ4v) is 3.41. The molecule has 0 aromatic carbocycles. The standard InChI is InChI=1S/C16H17Cl2N5/c17-11-7-13(18)16(20-8-11)23-6-4-12(9-23)21-14-3-5-19-15(22-14)10-1-2-10/h3,5,7-8,10,12H,1-2,4,6,9H2,(H,19,21,22). The minimum Gasteiger partial charge on any atom is -0.365 e. The Morgan fingerprint density at radius 2 is 2.04 bits per heavy atom. The van der Waals surface area contributed by atoms with Gasteiger partial charge in [-0.1, -0.05) is 23.2 Å². The van der Waals surface area contributed by atoms with Crippen LogP contribution < -0.4 is 10.2 Å². The number of hydrogen-bond acceptors (Lipinski definition) is 5. The van der Waals surface area contributed by atoms with Gasteiger partial charge in [0.05, 0.1) is 10.0 Å². The fraction of sp³-hybridized carbons (Fsp3) is 0.438. The Balaban J connectivity index is 1.43. The van der Waals surface area contributed by atoms with Crippen molar-refractivity contribution >= 4 is 34.8 Å². The van der Waals surface area contributed by atoms with Crippen LogP contribution in [0.5, 0.6) is 0 Å². The van der Waals surface area contributed by atoms with E-state index in [9.17, 15) is 0 Å². The van der Waals surface area contributed by atoms with Gasteiger partial charge in [0.25, 0.3) is 0 Å². The molecule has 1 saturated carbocycles. The molecule has 3 heterocycles. The van der Waals surface area contributed by atoms with Crippen LogP contribution in [0, 0.1) is 0 Å². The second-order valence-electron chi connectivity index (χ2n) is 6.11. The van der Waals surface area contributed by atoms with Crippen LogP contribution in [0.1, 0.15) is 31.0 Å². The zero-order valence-electron chi connectivity index (χ0n) is 12.5. The van der Waals surface area contributed by atoms with Crippen molar-refractivity contribution in [2.45, 2.75) is 31.2 Å². The molecule has 2 fully saturated rings. The number of nitrogens with zero attached hydrogens (tertiary/aromatic N) is 4. The van der Waals surface area contributed by atoms with E-state index in [0.717, 1.165) is 37.0 Å². The number of anilines is 2. The SMILES string of the molecule is Clc1cnc(N2CCC(Nc3ccnc(C4CC4)n3)C2)c(Cl)c1. The summed E-state index contributed by atoms with van der Waals surface area (Å²) < 4.78 is 0. The summed E-state index contributed by atoms with van der Waals surface area (Å²) in [5.74, 6) is 3.23. The second kappa shape index (κ2) is 6.13. The third-order valence-corrected chi connectivity index (χ3v) is 4.73. The molecule has 4 rings (SSSR count). The van der Waals surface area contributed by atoms with E-state index in [-0.39, 0.29) is 0 Å². The summed E-state index contributed by atoms with van der Waals surface area (Å²) in [5, 5.41) is 4.66. The summed E-state index contributed by atoms with van der Waals surface area (Å²) >= 11 is 12.2. The van der Waals surface area contributed by atoms with Crippen molar-refractivity contribution < 1.29 is 0 Å². The lowest BCUT2D eigenvalue weighted by Crippen LogP contribution is -2.27. The van der Waals surface area contributed by atoms with Crippen LogP contribution in [-0.4, -0.2) is 34.1 Å². The Bertz CT molecular complexity index is 719. The maximum Gasteiger partial charge on any atom is 0.147 e. The lowest BCUT2D eigenvalue weighted by atomic mass is 10.2. The molecule has 7 heteroatoms. The van der Waals surface area contributed by atoms with E-state index in [4.69, 9.17) is 23.2 Å². The van der Waals surface area contributed by atoms with Gasteiger partial charge in [0.2, 0.25) is 0 Å². The molecule has 1 atom stereocenters. The van der Waals surface area contributed by atoms with Crippen molar-refractivity contribution in [2.75, 3.05) is 23.3 Å². The van der Waals surface area contributed by atoms with Crippen LogP contribution >= 0.6 is 23.2 Å². The maximum atomic E-state index is 6.25. The van der Waals surface area contributed by atoms with Crippen molar-refractivity contribution in [2.24, 2.45) is 0 Å². The second-order valence-corrected chi connectivity index (χ2v) is 6.95. The summed E-state index contributed by atoms with van der Waals surface area (Å²) in [5.41, 5.74) is 0. The first-order chi connectivity index (χ1) is 11.2. The van der Waals surface area contributed by atoms with Crippen molar-refractivity contribution in [3.05, 3.63) is 40.4 Å². The third kappa shape index (κ3) is 3.35. The zero-order valence-corrected chi connectivity index (χ0v) is 14.1. The first kappa shape index (κ1) is 15.0. The van der Waals surface area contributed by atoms with Gasteiger partial charge in [-0.2, -0.15) is 0 Å². The van der Waals surface area contributed by atoms with Crippen molar-refractivity contribution in [3.63, 3.8) is 0 Å². The van der Waals surface area contributed by atoms with E-state index in [0.29, 0.717) is 22.0 Å². The Hall–Kier alpha value is -1.59. The maximum absolute atomic E-state index is 6.25. The van der Waals surface area contributed by atoms with Gasteiger partial charge in [0.1, 0.15) is 17.5 Å². The highest BCUT2D eigenvalue weighted by molar-refractivity contribution is 6.36. The van der Waals surface area contributed by atoms with Crippen molar-refractivity contribution in [1.82, 2.24) is 15.0 Å². The third-order valence-electron chi connectivity index (χ3n) is 4.24. The number of aromatic nitrogens is 3. The molecule has 0 amide bonds. The van der Waals surface area contributed by atoms with Gasteiger partial charge in [0.15, 0.2) is 0 Å². The van der Waals surface area contributed by atoms with E-state index >= 15 is 0 Å². The Morgan fingerprint density at radius 1 is 1.17 bits per heavy atom. The van der Waals surface area contributed by atoms with E-state index in [1.54, 1.807) is 12.3 Å². The number of halogens is 2. The molecule has 5 nitrogen and oxygen atoms in total. The first-order valence-corrected chi connectivity index (χ1v) is 8.60. The molecular weight excluding hydrogens is 333 g/mol. The van der Waals surface area contributed by atoms with Gasteiger partial charge < -0.3 is 10.2 Å². The van der Waals surface area contributed by atoms with Crippen molar-refractivity contribution in [3.8, 4) is 0 Å². The van der Waals surface area contributed by atoms with Gasteiger partial charge in [-0.3, -0.25) is 0 Å². The normalized spacial score (nSPS) is 20.8. The monoisotopic (exact) mass is 349 g/mol. The zero-order chi connectivity index (χ0) is 15.8. The van der Waals surface area contributed by atoms with Gasteiger partial charge in [-0.25, -0.2) is 15.0 Å². The number of pyridine rings is 1. The molecule has 1 unspecified atom stereocenters. The molecule has 0 bridgehead atoms. The molecule has 1 saturated heterocycles. The average Bonchev–Trinajstić information content (AvgIpc) is 3.29. The van der Waals surface area contributed by atoms with Gasteiger partial charge in [0, 0.05) is 37.4 Å². The van der Waals surface area contributed by atoms with Crippen LogP contribution in [0.4, 0.5) is 11.6 Å². The lowest BCUT2D eigenvalue weighted by Gasteiger charge is -2.19. The molecule has 2 aromatic rings. The molecule has 0 radical (unpaired) electrons. The molecule has 2 aromatic heterocycles. The highest BCUT2D eigenvalue weighted by Crippen LogP contribution is 2.38. The lowest BCUT2D eigenvalue weighted by molar-refractivity contribution is 0.792. The molecule has 0 spiro atoms. The quantitative estimate of drug-likeness (QED) is 0.910. The van der Waals surface area contributed by atoms with Crippen LogP contribution in [0.25, 0.3) is 0 Å². The Morgan fingerprint density at radius 3 is 2.83 bits per heavy atom. The van der Waals surface area contributed by atoms with E-state index in [1.165, 1.54) is 12.8 Å². The Kier molecular flexibility index (Phi) is 3.99. The number of hydrogen-bond donors (Lipinski definition) is 1. The summed E-state index contributed by atoms with van der Waals surface area (Å²) in [4.78, 5) is 15.5. The molecule has 120 valence electrons. The summed E-state index contributed by atoms with van der Waals surface area (Å²) in [6.45, 7) is 1.75. The van der Waals surface area contributed by atoms with Crippen molar-refractivity contribution in [1.29, 1.82) is 0 Å². The summed E-state index contributed by atoms with van der Waals surface area (Å²) in [6.07, 6.45) is 6.91. The number of rotatable bonds is 4. The minimum absolute atomic E-state index is 0.325. The first-order valence-electron chi connectivity index (χ1n) is 7.84. The molecule has 1 N–H and O–H groups in total. The predicted molar refractivity (Wildman–Crippen MR) is 92.5 cm³/mol. The Labute approximate surface area is 145 Å². The number of nitrogens with one attached hydrogen (secondary N) is 1. The van der Waals surface area contributed by atoms with Crippen LogP contribution in [0.2, 0.25) is 10.0 Å². The van der Waals surface area contributed by atoms with E-state index in [2.05, 4.69) is 25.2 Å². The minimum atomic E-state index is 0.325. The van der Waals surface area contributed by atoms with Crippen LogP contribution in [0.3, 0.4) is 0 Å². The molecular formula is C16H17Cl2N5. The van der Waals surface area contributed by atoms with Gasteiger partial charge in [-0.05, 0) is 31.4 Å². The smallest absolute Gasteiger partial charge is 0.147 e. The molecule has 2 aliphatic rings. The molecule has 1 aliphatic heterocycles. The summed E-state index contributed by atoms with van der Waals surface area (Å²) in [6, 6.07) is 3.99. The van der Waals surface area contributed by atoms with Gasteiger partial charge >= 0.3 is 0 Å². The molecule has 1 aliphatic carbocycles. The topological polar surface area (TPSA) is 53.9 Å².